The van der Waals surface area contributed by atoms with Crippen molar-refractivity contribution >= 4 is 23.3 Å². The summed E-state index contributed by atoms with van der Waals surface area (Å²) in [4.78, 5) is 13.8. The van der Waals surface area contributed by atoms with Crippen LogP contribution in [0.3, 0.4) is 0 Å². The van der Waals surface area contributed by atoms with Gasteiger partial charge in [-0.3, -0.25) is 10.1 Å². The summed E-state index contributed by atoms with van der Waals surface area (Å²) in [7, 11) is 0. The fourth-order valence-electron chi connectivity index (χ4n) is 1.15. The van der Waals surface area contributed by atoms with Gasteiger partial charge in [0.15, 0.2) is 0 Å². The topological polar surface area (TPSA) is 91.8 Å². The third-order valence-electron chi connectivity index (χ3n) is 1.93. The fourth-order valence-corrected chi connectivity index (χ4v) is 1.66. The molecule has 0 amide bonds. The van der Waals surface area contributed by atoms with Gasteiger partial charge in [0.1, 0.15) is 23.6 Å². The Morgan fingerprint density at radius 3 is 3.06 bits per heavy atom. The number of terminal acetylenes is 1. The second-order valence-corrected chi connectivity index (χ2v) is 4.25. The summed E-state index contributed by atoms with van der Waals surface area (Å²) in [5, 5.41) is 22.4. The first-order valence-electron chi connectivity index (χ1n) is 4.98. The van der Waals surface area contributed by atoms with Crippen LogP contribution in [0, 0.1) is 33.8 Å². The summed E-state index contributed by atoms with van der Waals surface area (Å²) in [6.07, 6.45) is 6.22. The summed E-state index contributed by atoms with van der Waals surface area (Å²) < 4.78 is 0. The monoisotopic (exact) mass is 262 g/mol. The standard InChI is InChI=1S/C11H10N4O2S/c1-2-4-18-5-3-13-11-9(7-12)6-10(8-14-11)15(16)17/h1,6,8H,3-5H2,(H,13,14). The van der Waals surface area contributed by atoms with Gasteiger partial charge in [-0.2, -0.15) is 5.26 Å². The first-order chi connectivity index (χ1) is 8.69. The second-order valence-electron chi connectivity index (χ2n) is 3.14. The number of nitrogens with zero attached hydrogens (tertiary/aromatic N) is 3. The maximum atomic E-state index is 10.5. The highest BCUT2D eigenvalue weighted by molar-refractivity contribution is 7.99. The summed E-state index contributed by atoms with van der Waals surface area (Å²) in [6.45, 7) is 0.589. The molecule has 0 aromatic carbocycles. The number of nitrogens with one attached hydrogen (secondary N) is 1. The van der Waals surface area contributed by atoms with Gasteiger partial charge in [-0.05, 0) is 0 Å². The molecule has 0 radical (unpaired) electrons. The van der Waals surface area contributed by atoms with Crippen molar-refractivity contribution in [2.45, 2.75) is 0 Å². The molecule has 0 fully saturated rings. The number of nitriles is 1. The first-order valence-corrected chi connectivity index (χ1v) is 6.14. The van der Waals surface area contributed by atoms with Gasteiger partial charge in [0, 0.05) is 18.4 Å². The second kappa shape index (κ2) is 7.15. The van der Waals surface area contributed by atoms with Gasteiger partial charge in [-0.25, -0.2) is 4.98 Å². The summed E-state index contributed by atoms with van der Waals surface area (Å²) in [6, 6.07) is 3.07. The molecule has 18 heavy (non-hydrogen) atoms. The first kappa shape index (κ1) is 13.8. The lowest BCUT2D eigenvalue weighted by atomic mass is 10.2. The number of thioether (sulfide) groups is 1. The number of hydrogen-bond acceptors (Lipinski definition) is 6. The predicted octanol–water partition coefficient (Wildman–Crippen LogP) is 1.64. The molecule has 0 atom stereocenters. The highest BCUT2D eigenvalue weighted by atomic mass is 32.2. The molecule has 0 unspecified atom stereocenters. The molecule has 1 heterocycles. The van der Waals surface area contributed by atoms with Crippen LogP contribution in [0.15, 0.2) is 12.3 Å². The molecule has 92 valence electrons. The molecule has 1 aromatic heterocycles. The minimum atomic E-state index is -0.583. The van der Waals surface area contributed by atoms with E-state index in [1.807, 2.05) is 6.07 Å². The number of nitro groups is 1. The van der Waals surface area contributed by atoms with Gasteiger partial charge in [-0.15, -0.1) is 18.2 Å². The van der Waals surface area contributed by atoms with Crippen molar-refractivity contribution in [2.75, 3.05) is 23.4 Å². The highest BCUT2D eigenvalue weighted by Crippen LogP contribution is 2.18. The zero-order valence-electron chi connectivity index (χ0n) is 9.42. The van der Waals surface area contributed by atoms with E-state index in [9.17, 15) is 10.1 Å². The maximum Gasteiger partial charge on any atom is 0.289 e. The Bertz CT molecular complexity index is 519. The van der Waals surface area contributed by atoms with E-state index in [0.29, 0.717) is 18.1 Å². The van der Waals surface area contributed by atoms with Crippen molar-refractivity contribution in [3.63, 3.8) is 0 Å². The van der Waals surface area contributed by atoms with Gasteiger partial charge in [-0.1, -0.05) is 5.92 Å². The van der Waals surface area contributed by atoms with Crippen molar-refractivity contribution < 1.29 is 4.92 Å². The molecular formula is C11H10N4O2S. The fraction of sp³-hybridized carbons (Fsp3) is 0.273. The number of rotatable bonds is 6. The van der Waals surface area contributed by atoms with Crippen LogP contribution in [-0.2, 0) is 0 Å². The Labute approximate surface area is 109 Å². The van der Waals surface area contributed by atoms with Gasteiger partial charge in [0.25, 0.3) is 5.69 Å². The van der Waals surface area contributed by atoms with Gasteiger partial charge < -0.3 is 5.32 Å². The van der Waals surface area contributed by atoms with E-state index < -0.39 is 4.92 Å². The third-order valence-corrected chi connectivity index (χ3v) is 2.79. The minimum Gasteiger partial charge on any atom is -0.368 e. The normalized spacial score (nSPS) is 9.22. The largest absolute Gasteiger partial charge is 0.368 e. The van der Waals surface area contributed by atoms with Crippen molar-refractivity contribution in [1.29, 1.82) is 5.26 Å². The summed E-state index contributed by atoms with van der Waals surface area (Å²) in [5.74, 6) is 4.25. The molecule has 1 aromatic rings. The van der Waals surface area contributed by atoms with Crippen LogP contribution in [0.4, 0.5) is 11.5 Å². The van der Waals surface area contributed by atoms with Crippen molar-refractivity contribution in [3.05, 3.63) is 27.9 Å². The molecule has 0 bridgehead atoms. The Kier molecular flexibility index (Phi) is 5.49. The average molecular weight is 262 g/mol. The van der Waals surface area contributed by atoms with Crippen LogP contribution in [0.2, 0.25) is 0 Å². The number of hydrogen-bond donors (Lipinski definition) is 1. The van der Waals surface area contributed by atoms with Crippen molar-refractivity contribution in [1.82, 2.24) is 4.98 Å². The zero-order chi connectivity index (χ0) is 13.4. The number of aromatic nitrogens is 1. The predicted molar refractivity (Wildman–Crippen MR) is 70.3 cm³/mol. The molecule has 0 aliphatic heterocycles. The molecule has 6 nitrogen and oxygen atoms in total. The smallest absolute Gasteiger partial charge is 0.289 e. The lowest BCUT2D eigenvalue weighted by molar-refractivity contribution is -0.385. The molecule has 0 aliphatic carbocycles. The third kappa shape index (κ3) is 3.96. The average Bonchev–Trinajstić information content (AvgIpc) is 2.38. The van der Waals surface area contributed by atoms with Gasteiger partial charge in [0.05, 0.1) is 10.7 Å². The number of anilines is 1. The summed E-state index contributed by atoms with van der Waals surface area (Å²) >= 11 is 1.58. The van der Waals surface area contributed by atoms with E-state index in [-0.39, 0.29) is 11.3 Å². The molecule has 0 saturated heterocycles. The lowest BCUT2D eigenvalue weighted by Crippen LogP contribution is -2.08. The van der Waals surface area contributed by atoms with E-state index in [2.05, 4.69) is 16.2 Å². The molecule has 0 aliphatic rings. The van der Waals surface area contributed by atoms with Crippen LogP contribution in [0.5, 0.6) is 0 Å². The van der Waals surface area contributed by atoms with Crippen molar-refractivity contribution in [3.8, 4) is 18.4 Å². The zero-order valence-corrected chi connectivity index (χ0v) is 10.2. The van der Waals surface area contributed by atoms with E-state index in [1.165, 1.54) is 6.07 Å². The Morgan fingerprint density at radius 1 is 1.67 bits per heavy atom. The van der Waals surface area contributed by atoms with Crippen LogP contribution in [0.25, 0.3) is 0 Å². The molecule has 1 N–H and O–H groups in total. The van der Waals surface area contributed by atoms with Gasteiger partial charge in [0.2, 0.25) is 0 Å². The quantitative estimate of drug-likeness (QED) is 0.362. The molecule has 0 saturated carbocycles. The van der Waals surface area contributed by atoms with E-state index in [4.69, 9.17) is 11.7 Å². The van der Waals surface area contributed by atoms with Crippen LogP contribution in [-0.4, -0.2) is 28.0 Å². The molecular weight excluding hydrogens is 252 g/mol. The van der Waals surface area contributed by atoms with E-state index in [1.54, 1.807) is 11.8 Å². The highest BCUT2D eigenvalue weighted by Gasteiger charge is 2.11. The van der Waals surface area contributed by atoms with Crippen LogP contribution < -0.4 is 5.32 Å². The minimum absolute atomic E-state index is 0.158. The SMILES string of the molecule is C#CCSCCNc1ncc([N+](=O)[O-])cc1C#N. The van der Waals surface area contributed by atoms with E-state index in [0.717, 1.165) is 11.9 Å². The molecule has 0 spiro atoms. The van der Waals surface area contributed by atoms with Crippen LogP contribution in [0.1, 0.15) is 5.56 Å². The molecule has 1 rings (SSSR count). The Hall–Kier alpha value is -2.25. The van der Waals surface area contributed by atoms with Crippen LogP contribution >= 0.6 is 11.8 Å². The van der Waals surface area contributed by atoms with E-state index >= 15 is 0 Å². The molecule has 7 heteroatoms. The Morgan fingerprint density at radius 2 is 2.44 bits per heavy atom. The number of pyridine rings is 1. The summed E-state index contributed by atoms with van der Waals surface area (Å²) in [5.41, 5.74) is -0.0371. The lowest BCUT2D eigenvalue weighted by Gasteiger charge is -2.05. The maximum absolute atomic E-state index is 10.5. The Balaban J connectivity index is 2.64. The van der Waals surface area contributed by atoms with Gasteiger partial charge >= 0.3 is 0 Å². The van der Waals surface area contributed by atoms with Crippen molar-refractivity contribution in [2.24, 2.45) is 0 Å².